The Hall–Kier alpha value is -2.04. The van der Waals surface area contributed by atoms with Crippen molar-refractivity contribution in [1.29, 1.82) is 0 Å². The summed E-state index contributed by atoms with van der Waals surface area (Å²) in [5.41, 5.74) is -0.0277. The first-order valence-electron chi connectivity index (χ1n) is 6.11. The average Bonchev–Trinajstić information content (AvgIpc) is 2.91. The van der Waals surface area contributed by atoms with Crippen LogP contribution in [0.15, 0.2) is 61.2 Å². The van der Waals surface area contributed by atoms with E-state index < -0.39 is 5.60 Å². The number of para-hydroxylation sites is 1. The third-order valence-electron chi connectivity index (χ3n) is 3.20. The Balaban J connectivity index is 2.16. The summed E-state index contributed by atoms with van der Waals surface area (Å²) in [6, 6.07) is 13.4. The van der Waals surface area contributed by atoms with E-state index in [0.29, 0.717) is 10.6 Å². The van der Waals surface area contributed by atoms with Crippen molar-refractivity contribution >= 4 is 21.6 Å². The maximum Gasteiger partial charge on any atom is 0.159 e. The van der Waals surface area contributed by atoms with E-state index in [1.807, 2.05) is 24.3 Å². The third-order valence-corrected chi connectivity index (χ3v) is 4.36. The van der Waals surface area contributed by atoms with Crippen molar-refractivity contribution in [2.75, 3.05) is 0 Å². The number of aromatic nitrogens is 1. The molecule has 1 N–H and O–H groups in total. The van der Waals surface area contributed by atoms with Crippen molar-refractivity contribution in [3.8, 4) is 0 Å². The Morgan fingerprint density at radius 1 is 1.15 bits per heavy atom. The first kappa shape index (κ1) is 13.0. The van der Waals surface area contributed by atoms with Gasteiger partial charge in [0.1, 0.15) is 10.8 Å². The summed E-state index contributed by atoms with van der Waals surface area (Å²) in [5, 5.41) is 11.4. The molecule has 0 aliphatic carbocycles. The van der Waals surface area contributed by atoms with Crippen LogP contribution in [0.25, 0.3) is 10.2 Å². The van der Waals surface area contributed by atoms with Gasteiger partial charge in [-0.1, -0.05) is 30.8 Å². The normalized spacial score (nSPS) is 14.1. The molecule has 0 saturated heterocycles. The molecule has 1 aromatic heterocycles. The molecule has 0 spiro atoms. The number of rotatable bonds is 3. The maximum absolute atomic E-state index is 13.0. The highest BCUT2D eigenvalue weighted by Crippen LogP contribution is 2.35. The van der Waals surface area contributed by atoms with E-state index >= 15 is 0 Å². The highest BCUT2D eigenvalue weighted by atomic mass is 32.1. The molecule has 4 heteroatoms. The molecule has 0 amide bonds. The third kappa shape index (κ3) is 2.03. The number of halogens is 1. The molecule has 2 nitrogen and oxygen atoms in total. The molecule has 3 rings (SSSR count). The van der Waals surface area contributed by atoms with Crippen LogP contribution < -0.4 is 0 Å². The molecule has 0 bridgehead atoms. The van der Waals surface area contributed by atoms with Gasteiger partial charge in [0.15, 0.2) is 5.60 Å². The van der Waals surface area contributed by atoms with Gasteiger partial charge in [-0.05, 0) is 35.9 Å². The Morgan fingerprint density at radius 2 is 1.85 bits per heavy atom. The summed E-state index contributed by atoms with van der Waals surface area (Å²) >= 11 is 1.40. The van der Waals surface area contributed by atoms with Gasteiger partial charge in [0, 0.05) is 0 Å². The largest absolute Gasteiger partial charge is 0.374 e. The van der Waals surface area contributed by atoms with E-state index in [1.54, 1.807) is 12.1 Å². The number of nitrogens with zero attached hydrogens (tertiary/aromatic N) is 1. The number of thiazole rings is 1. The average molecular weight is 285 g/mol. The van der Waals surface area contributed by atoms with Gasteiger partial charge in [-0.2, -0.15) is 0 Å². The monoisotopic (exact) mass is 285 g/mol. The molecule has 0 fully saturated rings. The van der Waals surface area contributed by atoms with Gasteiger partial charge in [0.05, 0.1) is 10.2 Å². The number of benzene rings is 2. The van der Waals surface area contributed by atoms with E-state index in [1.165, 1.54) is 29.5 Å². The molecular formula is C16H12FNOS. The Bertz CT molecular complexity index is 733. The summed E-state index contributed by atoms with van der Waals surface area (Å²) in [5.74, 6) is -0.343. The summed E-state index contributed by atoms with van der Waals surface area (Å²) in [4.78, 5) is 4.46. The highest BCUT2D eigenvalue weighted by Gasteiger charge is 2.31. The van der Waals surface area contributed by atoms with Crippen molar-refractivity contribution in [3.05, 3.63) is 77.6 Å². The molecule has 0 aliphatic heterocycles. The predicted molar refractivity (Wildman–Crippen MR) is 79.2 cm³/mol. The Labute approximate surface area is 119 Å². The van der Waals surface area contributed by atoms with Crippen molar-refractivity contribution in [2.24, 2.45) is 0 Å². The van der Waals surface area contributed by atoms with E-state index in [4.69, 9.17) is 0 Å². The zero-order chi connectivity index (χ0) is 14.2. The molecule has 2 aromatic carbocycles. The van der Waals surface area contributed by atoms with Crippen molar-refractivity contribution in [1.82, 2.24) is 4.98 Å². The lowest BCUT2D eigenvalue weighted by Crippen LogP contribution is -2.23. The predicted octanol–water partition coefficient (Wildman–Crippen LogP) is 3.86. The second-order valence-corrected chi connectivity index (χ2v) is 5.49. The van der Waals surface area contributed by atoms with Crippen LogP contribution in [0, 0.1) is 5.82 Å². The van der Waals surface area contributed by atoms with Crippen LogP contribution in [-0.4, -0.2) is 10.1 Å². The Morgan fingerprint density at radius 3 is 2.50 bits per heavy atom. The summed E-state index contributed by atoms with van der Waals surface area (Å²) in [6.45, 7) is 3.70. The van der Waals surface area contributed by atoms with E-state index in [-0.39, 0.29) is 5.82 Å². The Kier molecular flexibility index (Phi) is 3.12. The van der Waals surface area contributed by atoms with Gasteiger partial charge >= 0.3 is 0 Å². The fourth-order valence-electron chi connectivity index (χ4n) is 2.07. The van der Waals surface area contributed by atoms with Gasteiger partial charge < -0.3 is 5.11 Å². The van der Waals surface area contributed by atoms with E-state index in [9.17, 15) is 9.50 Å². The molecule has 20 heavy (non-hydrogen) atoms. The number of aliphatic hydroxyl groups is 1. The minimum Gasteiger partial charge on any atom is -0.374 e. The molecule has 0 aliphatic rings. The van der Waals surface area contributed by atoms with Crippen LogP contribution in [0.3, 0.4) is 0 Å². The minimum atomic E-state index is -1.41. The molecule has 1 unspecified atom stereocenters. The van der Waals surface area contributed by atoms with Crippen molar-refractivity contribution in [2.45, 2.75) is 5.60 Å². The van der Waals surface area contributed by atoms with Crippen LogP contribution in [0.2, 0.25) is 0 Å². The molecule has 1 atom stereocenters. The number of hydrogen-bond acceptors (Lipinski definition) is 3. The van der Waals surface area contributed by atoms with Crippen molar-refractivity contribution < 1.29 is 9.50 Å². The lowest BCUT2D eigenvalue weighted by Gasteiger charge is -2.22. The first-order valence-corrected chi connectivity index (χ1v) is 6.93. The standard InChI is InChI=1S/C16H12FNOS/c1-2-16(19,11-7-9-12(17)10-8-11)15-18-13-5-3-4-6-14(13)20-15/h2-10,19H,1H2. The van der Waals surface area contributed by atoms with Crippen molar-refractivity contribution in [3.63, 3.8) is 0 Å². The summed E-state index contributed by atoms with van der Waals surface area (Å²) < 4.78 is 14.0. The van der Waals surface area contributed by atoms with Gasteiger partial charge in [0.25, 0.3) is 0 Å². The summed E-state index contributed by atoms with van der Waals surface area (Å²) in [7, 11) is 0. The first-order chi connectivity index (χ1) is 9.63. The highest BCUT2D eigenvalue weighted by molar-refractivity contribution is 7.18. The van der Waals surface area contributed by atoms with Gasteiger partial charge in [-0.15, -0.1) is 11.3 Å². The van der Waals surface area contributed by atoms with E-state index in [2.05, 4.69) is 11.6 Å². The van der Waals surface area contributed by atoms with Gasteiger partial charge in [-0.3, -0.25) is 0 Å². The number of hydrogen-bond donors (Lipinski definition) is 1. The zero-order valence-corrected chi connectivity index (χ0v) is 11.4. The fraction of sp³-hybridized carbons (Fsp3) is 0.0625. The second-order valence-electron chi connectivity index (χ2n) is 4.46. The quantitative estimate of drug-likeness (QED) is 0.741. The molecule has 0 saturated carbocycles. The maximum atomic E-state index is 13.0. The second kappa shape index (κ2) is 4.81. The molecule has 1 heterocycles. The smallest absolute Gasteiger partial charge is 0.159 e. The van der Waals surface area contributed by atoms with Crippen LogP contribution in [0.1, 0.15) is 10.6 Å². The molecule has 100 valence electrons. The van der Waals surface area contributed by atoms with Crippen LogP contribution in [-0.2, 0) is 5.60 Å². The fourth-order valence-corrected chi connectivity index (χ4v) is 3.14. The SMILES string of the molecule is C=CC(O)(c1ccc(F)cc1)c1nc2ccccc2s1. The van der Waals surface area contributed by atoms with Gasteiger partial charge in [0.2, 0.25) is 0 Å². The topological polar surface area (TPSA) is 33.1 Å². The number of fused-ring (bicyclic) bond motifs is 1. The molecule has 0 radical (unpaired) electrons. The van der Waals surface area contributed by atoms with Crippen LogP contribution in [0.5, 0.6) is 0 Å². The summed E-state index contributed by atoms with van der Waals surface area (Å²) in [6.07, 6.45) is 1.43. The van der Waals surface area contributed by atoms with Gasteiger partial charge in [-0.25, -0.2) is 9.37 Å². The van der Waals surface area contributed by atoms with Crippen LogP contribution in [0.4, 0.5) is 4.39 Å². The lowest BCUT2D eigenvalue weighted by molar-refractivity contribution is 0.134. The zero-order valence-electron chi connectivity index (χ0n) is 10.6. The molecule has 3 aromatic rings. The molecular weight excluding hydrogens is 273 g/mol. The minimum absolute atomic E-state index is 0.343. The van der Waals surface area contributed by atoms with Crippen LogP contribution >= 0.6 is 11.3 Å². The lowest BCUT2D eigenvalue weighted by atomic mass is 9.94. The van der Waals surface area contributed by atoms with E-state index in [0.717, 1.165) is 10.2 Å².